The van der Waals surface area contributed by atoms with Crippen LogP contribution in [0.5, 0.6) is 0 Å². The van der Waals surface area contributed by atoms with E-state index < -0.39 is 5.82 Å². The van der Waals surface area contributed by atoms with Crippen molar-refractivity contribution in [2.45, 2.75) is 6.54 Å². The van der Waals surface area contributed by atoms with E-state index >= 15 is 0 Å². The molecule has 7 heteroatoms. The van der Waals surface area contributed by atoms with Crippen LogP contribution in [-0.4, -0.2) is 21.1 Å². The highest BCUT2D eigenvalue weighted by atomic mass is 19.1. The molecule has 24 heavy (non-hydrogen) atoms. The molecule has 0 aliphatic heterocycles. The topological polar surface area (TPSA) is 79.8 Å². The molecule has 0 radical (unpaired) electrons. The van der Waals surface area contributed by atoms with E-state index in [2.05, 4.69) is 25.8 Å². The van der Waals surface area contributed by atoms with Crippen molar-refractivity contribution in [3.63, 3.8) is 0 Å². The van der Waals surface area contributed by atoms with E-state index in [4.69, 9.17) is 0 Å². The molecule has 6 nitrogen and oxygen atoms in total. The molecule has 120 valence electrons. The number of aromatic nitrogens is 3. The molecule has 1 amide bonds. The van der Waals surface area contributed by atoms with Crippen LogP contribution in [-0.2, 0) is 6.54 Å². The largest absolute Gasteiger partial charge is 0.345 e. The Balaban J connectivity index is 1.61. The minimum absolute atomic E-state index is 0.171. The molecular weight excluding hydrogens is 309 g/mol. The van der Waals surface area contributed by atoms with E-state index in [1.807, 2.05) is 12.1 Å². The highest BCUT2D eigenvalue weighted by Crippen LogP contribution is 2.17. The van der Waals surface area contributed by atoms with Gasteiger partial charge in [0.25, 0.3) is 5.91 Å². The van der Waals surface area contributed by atoms with Crippen molar-refractivity contribution in [2.24, 2.45) is 0 Å². The monoisotopic (exact) mass is 323 g/mol. The molecule has 0 bridgehead atoms. The number of anilines is 2. The summed E-state index contributed by atoms with van der Waals surface area (Å²) in [6.45, 7) is 0.302. The molecule has 2 aromatic heterocycles. The first-order valence-corrected chi connectivity index (χ1v) is 7.26. The van der Waals surface area contributed by atoms with Crippen molar-refractivity contribution in [3.05, 3.63) is 78.0 Å². The summed E-state index contributed by atoms with van der Waals surface area (Å²) in [5.41, 5.74) is 1.21. The van der Waals surface area contributed by atoms with E-state index in [9.17, 15) is 9.18 Å². The lowest BCUT2D eigenvalue weighted by Crippen LogP contribution is -2.24. The van der Waals surface area contributed by atoms with Crippen LogP contribution >= 0.6 is 0 Å². The molecule has 0 spiro atoms. The second-order valence-corrected chi connectivity index (χ2v) is 4.91. The van der Waals surface area contributed by atoms with Gasteiger partial charge < -0.3 is 10.6 Å². The Labute approximate surface area is 137 Å². The number of nitrogens with one attached hydrogen (secondary N) is 2. The zero-order chi connectivity index (χ0) is 16.8. The average molecular weight is 323 g/mol. The molecule has 0 saturated heterocycles. The van der Waals surface area contributed by atoms with Gasteiger partial charge in [-0.3, -0.25) is 9.78 Å². The maximum Gasteiger partial charge on any atom is 0.272 e. The Morgan fingerprint density at radius 3 is 2.54 bits per heavy atom. The van der Waals surface area contributed by atoms with Gasteiger partial charge >= 0.3 is 0 Å². The summed E-state index contributed by atoms with van der Waals surface area (Å²) < 4.78 is 13.6. The second-order valence-electron chi connectivity index (χ2n) is 4.91. The molecule has 3 aromatic rings. The van der Waals surface area contributed by atoms with Crippen molar-refractivity contribution in [2.75, 3.05) is 5.32 Å². The summed E-state index contributed by atoms with van der Waals surface area (Å²) in [7, 11) is 0. The van der Waals surface area contributed by atoms with Crippen LogP contribution in [0.15, 0.2) is 60.8 Å². The number of nitrogens with zero attached hydrogens (tertiary/aromatic N) is 3. The molecule has 3 rings (SSSR count). The second kappa shape index (κ2) is 7.28. The highest BCUT2D eigenvalue weighted by Gasteiger charge is 2.09. The smallest absolute Gasteiger partial charge is 0.272 e. The minimum atomic E-state index is -0.392. The summed E-state index contributed by atoms with van der Waals surface area (Å²) in [4.78, 5) is 16.1. The molecule has 1 aromatic carbocycles. The van der Waals surface area contributed by atoms with E-state index in [0.717, 1.165) is 5.69 Å². The number of pyridine rings is 1. The first kappa shape index (κ1) is 15.5. The van der Waals surface area contributed by atoms with E-state index in [0.29, 0.717) is 18.1 Å². The van der Waals surface area contributed by atoms with Gasteiger partial charge in [-0.05, 0) is 36.4 Å². The normalized spacial score (nSPS) is 10.2. The molecule has 2 N–H and O–H groups in total. The minimum Gasteiger partial charge on any atom is -0.345 e. The van der Waals surface area contributed by atoms with Crippen LogP contribution in [0.4, 0.5) is 15.9 Å². The Morgan fingerprint density at radius 2 is 1.83 bits per heavy atom. The van der Waals surface area contributed by atoms with Crippen LogP contribution in [0, 0.1) is 5.82 Å². The third kappa shape index (κ3) is 3.89. The van der Waals surface area contributed by atoms with Crippen molar-refractivity contribution < 1.29 is 9.18 Å². The number of rotatable bonds is 5. The van der Waals surface area contributed by atoms with E-state index in [1.54, 1.807) is 36.5 Å². The third-order valence-electron chi connectivity index (χ3n) is 3.19. The molecule has 0 fully saturated rings. The van der Waals surface area contributed by atoms with Crippen LogP contribution < -0.4 is 10.6 Å². The van der Waals surface area contributed by atoms with Gasteiger partial charge in [0.1, 0.15) is 5.82 Å². The zero-order valence-corrected chi connectivity index (χ0v) is 12.6. The highest BCUT2D eigenvalue weighted by molar-refractivity contribution is 5.92. The number of para-hydroxylation sites is 1. The fraction of sp³-hybridized carbons (Fsp3) is 0.0588. The SMILES string of the molecule is O=C(NCc1ccccn1)c1ccc(Nc2ccccc2F)nn1. The molecule has 0 aliphatic rings. The number of hydrogen-bond acceptors (Lipinski definition) is 5. The molecule has 0 atom stereocenters. The Kier molecular flexibility index (Phi) is 4.71. The zero-order valence-electron chi connectivity index (χ0n) is 12.6. The van der Waals surface area contributed by atoms with Gasteiger partial charge in [0.15, 0.2) is 11.5 Å². The van der Waals surface area contributed by atoms with Gasteiger partial charge in [0, 0.05) is 6.20 Å². The molecular formula is C17H14FN5O. The van der Waals surface area contributed by atoms with Crippen LogP contribution in [0.25, 0.3) is 0 Å². The van der Waals surface area contributed by atoms with Crippen LogP contribution in [0.3, 0.4) is 0 Å². The summed E-state index contributed by atoms with van der Waals surface area (Å²) in [5, 5.41) is 13.3. The number of halogens is 1. The number of carbonyl (C=O) groups excluding carboxylic acids is 1. The lowest BCUT2D eigenvalue weighted by atomic mass is 10.3. The molecule has 0 saturated carbocycles. The average Bonchev–Trinajstić information content (AvgIpc) is 2.63. The van der Waals surface area contributed by atoms with Crippen molar-refractivity contribution in [3.8, 4) is 0 Å². The predicted molar refractivity (Wildman–Crippen MR) is 87.1 cm³/mol. The third-order valence-corrected chi connectivity index (χ3v) is 3.19. The lowest BCUT2D eigenvalue weighted by Gasteiger charge is -2.07. The lowest BCUT2D eigenvalue weighted by molar-refractivity contribution is 0.0944. The van der Waals surface area contributed by atoms with E-state index in [1.165, 1.54) is 12.1 Å². The van der Waals surface area contributed by atoms with Crippen molar-refractivity contribution >= 4 is 17.4 Å². The van der Waals surface area contributed by atoms with Crippen LogP contribution in [0.1, 0.15) is 16.2 Å². The predicted octanol–water partition coefficient (Wildman–Crippen LogP) is 2.68. The Hall–Kier alpha value is -3.35. The summed E-state index contributed by atoms with van der Waals surface area (Å²) in [6, 6.07) is 14.8. The maximum atomic E-state index is 13.6. The van der Waals surface area contributed by atoms with Gasteiger partial charge in [-0.1, -0.05) is 18.2 Å². The first-order chi connectivity index (χ1) is 11.7. The van der Waals surface area contributed by atoms with Crippen LogP contribution in [0.2, 0.25) is 0 Å². The standard InChI is InChI=1S/C17H14FN5O/c18-13-6-1-2-7-14(13)21-16-9-8-15(22-23-16)17(24)20-11-12-5-3-4-10-19-12/h1-10H,11H2,(H,20,24)(H,21,23). The molecule has 0 aliphatic carbocycles. The summed E-state index contributed by atoms with van der Waals surface area (Å²) in [6.07, 6.45) is 1.66. The van der Waals surface area contributed by atoms with Gasteiger partial charge in [0.2, 0.25) is 0 Å². The Bertz CT molecular complexity index is 824. The fourth-order valence-corrected chi connectivity index (χ4v) is 1.98. The number of benzene rings is 1. The maximum absolute atomic E-state index is 13.6. The van der Waals surface area contributed by atoms with Gasteiger partial charge in [-0.15, -0.1) is 10.2 Å². The number of carbonyl (C=O) groups is 1. The summed E-state index contributed by atoms with van der Waals surface area (Å²) >= 11 is 0. The van der Waals surface area contributed by atoms with Crippen molar-refractivity contribution in [1.29, 1.82) is 0 Å². The molecule has 0 unspecified atom stereocenters. The van der Waals surface area contributed by atoms with E-state index in [-0.39, 0.29) is 11.6 Å². The fourth-order valence-electron chi connectivity index (χ4n) is 1.98. The van der Waals surface area contributed by atoms with Gasteiger partial charge in [-0.25, -0.2) is 4.39 Å². The quantitative estimate of drug-likeness (QED) is 0.754. The first-order valence-electron chi connectivity index (χ1n) is 7.26. The van der Waals surface area contributed by atoms with Gasteiger partial charge in [-0.2, -0.15) is 0 Å². The molecule has 2 heterocycles. The van der Waals surface area contributed by atoms with Crippen molar-refractivity contribution in [1.82, 2.24) is 20.5 Å². The number of hydrogen-bond donors (Lipinski definition) is 2. The number of amides is 1. The summed E-state index contributed by atoms with van der Waals surface area (Å²) in [5.74, 6) is -0.400. The van der Waals surface area contributed by atoms with Gasteiger partial charge in [0.05, 0.1) is 17.9 Å². The Morgan fingerprint density at radius 1 is 1.00 bits per heavy atom.